The molecule has 0 bridgehead atoms. The predicted molar refractivity (Wildman–Crippen MR) is 40.2 cm³/mol. The van der Waals surface area contributed by atoms with E-state index >= 15 is 0 Å². The quantitative estimate of drug-likeness (QED) is 0.614. The molecule has 0 unspecified atom stereocenters. The van der Waals surface area contributed by atoms with E-state index in [-0.39, 0.29) is 32.0 Å². The molecular weight excluding hydrogens is 182 g/mol. The van der Waals surface area contributed by atoms with Gasteiger partial charge in [-0.05, 0) is 0 Å². The molecule has 6 heteroatoms. The molecule has 4 nitrogen and oxygen atoms in total. The van der Waals surface area contributed by atoms with Gasteiger partial charge in [-0.25, -0.2) is 0 Å². The topological polar surface area (TPSA) is 49.4 Å². The van der Waals surface area contributed by atoms with Gasteiger partial charge in [-0.15, -0.1) is 0 Å². The van der Waals surface area contributed by atoms with Crippen LogP contribution in [-0.4, -0.2) is 42.8 Å². The Morgan fingerprint density at radius 3 is 2.77 bits per heavy atom. The van der Waals surface area contributed by atoms with Crippen LogP contribution in [-0.2, 0) is 9.59 Å². The summed E-state index contributed by atoms with van der Waals surface area (Å²) in [6.07, 6.45) is -2.88. The van der Waals surface area contributed by atoms with E-state index in [2.05, 4.69) is 5.32 Å². The number of nitrogens with zero attached hydrogens (tertiary/aromatic N) is 1. The highest BCUT2D eigenvalue weighted by Crippen LogP contribution is 2.03. The molecule has 0 aliphatic carbocycles. The number of hydrogen-bond acceptors (Lipinski definition) is 2. The fourth-order valence-electron chi connectivity index (χ4n) is 1.13. The lowest BCUT2D eigenvalue weighted by molar-refractivity contribution is -0.142. The SMILES string of the molecule is O=C1CCN(C(=O)C(F)F)CCN1. The van der Waals surface area contributed by atoms with E-state index in [0.717, 1.165) is 4.90 Å². The van der Waals surface area contributed by atoms with Gasteiger partial charge in [-0.3, -0.25) is 9.59 Å². The minimum atomic E-state index is -2.98. The summed E-state index contributed by atoms with van der Waals surface area (Å²) in [5.41, 5.74) is 0. The van der Waals surface area contributed by atoms with Crippen molar-refractivity contribution in [2.24, 2.45) is 0 Å². The molecule has 0 aromatic carbocycles. The molecule has 1 aliphatic rings. The zero-order valence-corrected chi connectivity index (χ0v) is 6.93. The van der Waals surface area contributed by atoms with Gasteiger partial charge >= 0.3 is 6.43 Å². The van der Waals surface area contributed by atoms with E-state index in [4.69, 9.17) is 0 Å². The van der Waals surface area contributed by atoms with Gasteiger partial charge in [0, 0.05) is 26.1 Å². The standard InChI is InChI=1S/C7H10F2N2O2/c8-6(9)7(13)11-3-1-5(12)10-2-4-11/h6H,1-4H2,(H,10,12). The Labute approximate surface area is 73.9 Å². The van der Waals surface area contributed by atoms with Crippen LogP contribution in [0.4, 0.5) is 8.78 Å². The number of rotatable bonds is 1. The predicted octanol–water partition coefficient (Wildman–Crippen LogP) is -0.400. The molecule has 0 atom stereocenters. The Hall–Kier alpha value is -1.20. The van der Waals surface area contributed by atoms with Gasteiger partial charge in [0.1, 0.15) is 0 Å². The average molecular weight is 192 g/mol. The number of amides is 2. The van der Waals surface area contributed by atoms with Gasteiger partial charge in [0.2, 0.25) is 5.91 Å². The van der Waals surface area contributed by atoms with E-state index < -0.39 is 12.3 Å². The highest BCUT2D eigenvalue weighted by molar-refractivity contribution is 5.81. The molecule has 1 N–H and O–H groups in total. The number of carbonyl (C=O) groups is 2. The molecule has 0 spiro atoms. The maximum absolute atomic E-state index is 11.9. The summed E-state index contributed by atoms with van der Waals surface area (Å²) in [4.78, 5) is 22.6. The first kappa shape index (κ1) is 9.88. The van der Waals surface area contributed by atoms with E-state index in [1.165, 1.54) is 0 Å². The van der Waals surface area contributed by atoms with E-state index in [1.807, 2.05) is 0 Å². The van der Waals surface area contributed by atoms with Crippen molar-refractivity contribution in [3.8, 4) is 0 Å². The van der Waals surface area contributed by atoms with Gasteiger partial charge in [0.15, 0.2) is 0 Å². The average Bonchev–Trinajstić information content (AvgIpc) is 2.28. The summed E-state index contributed by atoms with van der Waals surface area (Å²) in [6.45, 7) is 0.487. The van der Waals surface area contributed by atoms with E-state index in [0.29, 0.717) is 0 Å². The zero-order chi connectivity index (χ0) is 9.84. The van der Waals surface area contributed by atoms with Crippen molar-refractivity contribution in [2.45, 2.75) is 12.8 Å². The highest BCUT2D eigenvalue weighted by Gasteiger charge is 2.24. The Morgan fingerprint density at radius 2 is 2.15 bits per heavy atom. The molecule has 13 heavy (non-hydrogen) atoms. The van der Waals surface area contributed by atoms with Crippen LogP contribution >= 0.6 is 0 Å². The largest absolute Gasteiger partial charge is 0.354 e. The van der Waals surface area contributed by atoms with E-state index in [1.54, 1.807) is 0 Å². The molecule has 2 amide bonds. The van der Waals surface area contributed by atoms with Crippen molar-refractivity contribution >= 4 is 11.8 Å². The Bertz CT molecular complexity index is 221. The minimum absolute atomic E-state index is 0.0784. The second-order valence-corrected chi connectivity index (χ2v) is 2.73. The fraction of sp³-hybridized carbons (Fsp3) is 0.714. The minimum Gasteiger partial charge on any atom is -0.354 e. The normalized spacial score (nSPS) is 18.4. The first-order valence-electron chi connectivity index (χ1n) is 3.95. The summed E-state index contributed by atoms with van der Waals surface area (Å²) in [7, 11) is 0. The smallest absolute Gasteiger partial charge is 0.315 e. The summed E-state index contributed by atoms with van der Waals surface area (Å²) in [6, 6.07) is 0. The molecule has 0 radical (unpaired) electrons. The summed E-state index contributed by atoms with van der Waals surface area (Å²) < 4.78 is 23.9. The number of hydrogen-bond donors (Lipinski definition) is 1. The molecule has 74 valence electrons. The van der Waals surface area contributed by atoms with Crippen molar-refractivity contribution in [1.29, 1.82) is 0 Å². The molecule has 0 saturated carbocycles. The molecule has 0 aromatic heterocycles. The Balaban J connectivity index is 2.51. The van der Waals surface area contributed by atoms with Crippen molar-refractivity contribution in [3.63, 3.8) is 0 Å². The molecule has 1 aliphatic heterocycles. The fourth-order valence-corrected chi connectivity index (χ4v) is 1.13. The second kappa shape index (κ2) is 4.15. The van der Waals surface area contributed by atoms with Crippen LogP contribution in [0.15, 0.2) is 0 Å². The van der Waals surface area contributed by atoms with Crippen LogP contribution in [0, 0.1) is 0 Å². The first-order chi connectivity index (χ1) is 6.11. The monoisotopic (exact) mass is 192 g/mol. The van der Waals surface area contributed by atoms with Crippen LogP contribution in [0.1, 0.15) is 6.42 Å². The van der Waals surface area contributed by atoms with Gasteiger partial charge in [-0.1, -0.05) is 0 Å². The lowest BCUT2D eigenvalue weighted by Gasteiger charge is -2.18. The van der Waals surface area contributed by atoms with E-state index in [9.17, 15) is 18.4 Å². The molecule has 1 heterocycles. The Morgan fingerprint density at radius 1 is 1.46 bits per heavy atom. The third-order valence-electron chi connectivity index (χ3n) is 1.81. The van der Waals surface area contributed by atoms with Crippen LogP contribution in [0.25, 0.3) is 0 Å². The summed E-state index contributed by atoms with van der Waals surface area (Å²) in [5.74, 6) is -1.40. The lowest BCUT2D eigenvalue weighted by atomic mass is 10.4. The van der Waals surface area contributed by atoms with Crippen LogP contribution in [0.5, 0.6) is 0 Å². The highest BCUT2D eigenvalue weighted by atomic mass is 19.3. The molecule has 0 aromatic rings. The maximum atomic E-state index is 11.9. The maximum Gasteiger partial charge on any atom is 0.315 e. The number of nitrogens with one attached hydrogen (secondary N) is 1. The lowest BCUT2D eigenvalue weighted by Crippen LogP contribution is -2.38. The van der Waals surface area contributed by atoms with Gasteiger partial charge in [0.25, 0.3) is 5.91 Å². The van der Waals surface area contributed by atoms with Crippen LogP contribution in [0.2, 0.25) is 0 Å². The molecule has 1 rings (SSSR count). The summed E-state index contributed by atoms with van der Waals surface area (Å²) >= 11 is 0. The third-order valence-corrected chi connectivity index (χ3v) is 1.81. The number of alkyl halides is 2. The van der Waals surface area contributed by atoms with Crippen LogP contribution < -0.4 is 5.32 Å². The number of halogens is 2. The zero-order valence-electron chi connectivity index (χ0n) is 6.93. The van der Waals surface area contributed by atoms with Crippen molar-refractivity contribution in [2.75, 3.05) is 19.6 Å². The molecule has 1 fully saturated rings. The third kappa shape index (κ3) is 2.64. The summed E-state index contributed by atoms with van der Waals surface area (Å²) in [5, 5.41) is 2.49. The van der Waals surface area contributed by atoms with Gasteiger partial charge in [-0.2, -0.15) is 8.78 Å². The van der Waals surface area contributed by atoms with Gasteiger partial charge < -0.3 is 10.2 Å². The van der Waals surface area contributed by atoms with Crippen molar-refractivity contribution < 1.29 is 18.4 Å². The van der Waals surface area contributed by atoms with Crippen LogP contribution in [0.3, 0.4) is 0 Å². The second-order valence-electron chi connectivity index (χ2n) is 2.73. The molecule has 1 saturated heterocycles. The Kier molecular flexibility index (Phi) is 3.16. The molecular formula is C7H10F2N2O2. The van der Waals surface area contributed by atoms with Crippen molar-refractivity contribution in [3.05, 3.63) is 0 Å². The number of carbonyl (C=O) groups excluding carboxylic acids is 2. The first-order valence-corrected chi connectivity index (χ1v) is 3.95. The van der Waals surface area contributed by atoms with Crippen molar-refractivity contribution in [1.82, 2.24) is 10.2 Å². The van der Waals surface area contributed by atoms with Gasteiger partial charge in [0.05, 0.1) is 0 Å².